The van der Waals surface area contributed by atoms with Crippen molar-refractivity contribution >= 4 is 107 Å². The van der Waals surface area contributed by atoms with Crippen molar-refractivity contribution in [1.82, 2.24) is 9.13 Å². The number of rotatable bonds is 2. The molecule has 10 rings (SSSR count). The zero-order valence-electron chi connectivity index (χ0n) is 29.7. The molecule has 4 aromatic heterocycles. The Morgan fingerprint density at radius 1 is 0.480 bits per heavy atom. The van der Waals surface area contributed by atoms with Gasteiger partial charge in [-0.3, -0.25) is 0 Å². The zero-order valence-corrected chi connectivity index (χ0v) is 31.4. The SMILES string of the molecule is Cn1c2cc3sc4ccc(Cn5c6ccc(C(C)(C)C)cc6c6cc7c(cc65)sc5ccccc57)cc4c3cc2c2c(C(C)(C)C)cccc21. The van der Waals surface area contributed by atoms with E-state index in [0.29, 0.717) is 0 Å². The normalized spacial score (nSPS) is 13.2. The van der Waals surface area contributed by atoms with E-state index in [4.69, 9.17) is 0 Å². The molecule has 0 bridgehead atoms. The molecule has 4 heteroatoms. The third kappa shape index (κ3) is 4.31. The molecule has 0 radical (unpaired) electrons. The quantitative estimate of drug-likeness (QED) is 0.172. The molecule has 0 unspecified atom stereocenters. The number of nitrogens with zero attached hydrogens (tertiary/aromatic N) is 2. The van der Waals surface area contributed by atoms with Crippen LogP contribution >= 0.6 is 22.7 Å². The van der Waals surface area contributed by atoms with Crippen LogP contribution in [0.4, 0.5) is 0 Å². The first-order valence-corrected chi connectivity index (χ1v) is 19.3. The van der Waals surface area contributed by atoms with Crippen molar-refractivity contribution in [3.63, 3.8) is 0 Å². The molecule has 0 aliphatic carbocycles. The van der Waals surface area contributed by atoms with Gasteiger partial charge in [0.25, 0.3) is 0 Å². The first-order chi connectivity index (χ1) is 23.9. The number of benzene rings is 6. The molecule has 10 aromatic rings. The topological polar surface area (TPSA) is 9.86 Å². The van der Waals surface area contributed by atoms with Crippen molar-refractivity contribution in [1.29, 1.82) is 0 Å². The average molecular weight is 685 g/mol. The van der Waals surface area contributed by atoms with Crippen LogP contribution in [0.2, 0.25) is 0 Å². The number of fused-ring (bicyclic) bond motifs is 12. The summed E-state index contributed by atoms with van der Waals surface area (Å²) in [6, 6.07) is 39.8. The van der Waals surface area contributed by atoms with E-state index in [1.165, 1.54) is 101 Å². The van der Waals surface area contributed by atoms with E-state index < -0.39 is 0 Å². The van der Waals surface area contributed by atoms with Crippen LogP contribution < -0.4 is 0 Å². The highest BCUT2D eigenvalue weighted by atomic mass is 32.1. The fourth-order valence-corrected chi connectivity index (χ4v) is 10.7. The van der Waals surface area contributed by atoms with Gasteiger partial charge in [0, 0.05) is 86.5 Å². The van der Waals surface area contributed by atoms with Gasteiger partial charge in [-0.2, -0.15) is 0 Å². The maximum atomic E-state index is 2.56. The molecule has 0 N–H and O–H groups in total. The number of thiophene rings is 2. The van der Waals surface area contributed by atoms with Gasteiger partial charge in [-0.1, -0.05) is 84.0 Å². The first-order valence-electron chi connectivity index (χ1n) is 17.7. The standard InChI is InChI=1S/C46H40N2S2/c1-45(2,3)27-16-17-36-29(20-27)30-21-32-28-11-8-9-14-40(28)49-43(32)24-39(30)48(36)25-26-15-18-41-31(19-26)33-22-34-38(23-42(33)50-41)47(7)37-13-10-12-35(44(34)37)46(4,5)6/h8-24H,25H2,1-7H3. The lowest BCUT2D eigenvalue weighted by Crippen LogP contribution is -2.11. The Kier molecular flexibility index (Phi) is 6.17. The van der Waals surface area contributed by atoms with E-state index in [9.17, 15) is 0 Å². The van der Waals surface area contributed by atoms with Gasteiger partial charge in [0.1, 0.15) is 0 Å². The Morgan fingerprint density at radius 2 is 1.16 bits per heavy atom. The molecular weight excluding hydrogens is 645 g/mol. The molecule has 0 fully saturated rings. The summed E-state index contributed by atoms with van der Waals surface area (Å²) in [5, 5.41) is 10.9. The maximum Gasteiger partial charge on any atom is 0.0509 e. The van der Waals surface area contributed by atoms with Crippen molar-refractivity contribution < 1.29 is 0 Å². The van der Waals surface area contributed by atoms with Crippen molar-refractivity contribution in [3.05, 3.63) is 120 Å². The minimum Gasteiger partial charge on any atom is -0.344 e. The molecule has 0 atom stereocenters. The number of aryl methyl sites for hydroxylation is 1. The number of aromatic nitrogens is 2. The maximum absolute atomic E-state index is 2.56. The monoisotopic (exact) mass is 684 g/mol. The van der Waals surface area contributed by atoms with Gasteiger partial charge < -0.3 is 9.13 Å². The molecule has 6 aromatic carbocycles. The molecule has 0 spiro atoms. The average Bonchev–Trinajstić information content (AvgIpc) is 3.80. The van der Waals surface area contributed by atoms with Gasteiger partial charge >= 0.3 is 0 Å². The van der Waals surface area contributed by atoms with Gasteiger partial charge in [-0.15, -0.1) is 22.7 Å². The third-order valence-electron chi connectivity index (χ3n) is 11.1. The molecule has 0 saturated heterocycles. The van der Waals surface area contributed by atoms with Crippen LogP contribution in [0.15, 0.2) is 103 Å². The lowest BCUT2D eigenvalue weighted by Gasteiger charge is -2.20. The Bertz CT molecular complexity index is 3040. The van der Waals surface area contributed by atoms with Gasteiger partial charge in [0.2, 0.25) is 0 Å². The van der Waals surface area contributed by atoms with Crippen LogP contribution in [-0.2, 0) is 24.4 Å². The van der Waals surface area contributed by atoms with Crippen LogP contribution in [0.5, 0.6) is 0 Å². The Labute approximate surface area is 300 Å². The summed E-state index contributed by atoms with van der Waals surface area (Å²) < 4.78 is 10.4. The molecule has 0 aliphatic heterocycles. The molecular formula is C46H40N2S2. The van der Waals surface area contributed by atoms with Gasteiger partial charge in [0.05, 0.1) is 11.0 Å². The summed E-state index contributed by atoms with van der Waals surface area (Å²) in [6.07, 6.45) is 0. The third-order valence-corrected chi connectivity index (χ3v) is 13.3. The van der Waals surface area contributed by atoms with Crippen LogP contribution in [-0.4, -0.2) is 9.13 Å². The highest BCUT2D eigenvalue weighted by Gasteiger charge is 2.23. The second-order valence-electron chi connectivity index (χ2n) is 16.3. The molecule has 0 aliphatic rings. The van der Waals surface area contributed by atoms with E-state index in [1.807, 2.05) is 22.7 Å². The molecule has 0 amide bonds. The van der Waals surface area contributed by atoms with Gasteiger partial charge in [-0.25, -0.2) is 0 Å². The summed E-state index contributed by atoms with van der Waals surface area (Å²) in [5.74, 6) is 0. The minimum absolute atomic E-state index is 0.0595. The van der Waals surface area contributed by atoms with E-state index >= 15 is 0 Å². The summed E-state index contributed by atoms with van der Waals surface area (Å²) >= 11 is 3.82. The van der Waals surface area contributed by atoms with E-state index in [-0.39, 0.29) is 10.8 Å². The highest BCUT2D eigenvalue weighted by molar-refractivity contribution is 7.26. The van der Waals surface area contributed by atoms with E-state index in [1.54, 1.807) is 0 Å². The Balaban J connectivity index is 1.19. The molecule has 246 valence electrons. The van der Waals surface area contributed by atoms with Crippen LogP contribution in [0.25, 0.3) is 84.0 Å². The largest absolute Gasteiger partial charge is 0.344 e. The fraction of sp³-hybridized carbons (Fsp3) is 0.217. The lowest BCUT2D eigenvalue weighted by molar-refractivity contribution is 0.591. The molecule has 0 saturated carbocycles. The van der Waals surface area contributed by atoms with Gasteiger partial charge in [-0.05, 0) is 88.2 Å². The Morgan fingerprint density at radius 3 is 1.94 bits per heavy atom. The minimum atomic E-state index is 0.0595. The second-order valence-corrected chi connectivity index (χ2v) is 18.5. The second kappa shape index (κ2) is 10.2. The van der Waals surface area contributed by atoms with Crippen molar-refractivity contribution in [3.8, 4) is 0 Å². The van der Waals surface area contributed by atoms with Crippen molar-refractivity contribution in [2.75, 3.05) is 0 Å². The van der Waals surface area contributed by atoms with Gasteiger partial charge in [0.15, 0.2) is 0 Å². The van der Waals surface area contributed by atoms with Crippen LogP contribution in [0.3, 0.4) is 0 Å². The molecule has 50 heavy (non-hydrogen) atoms. The lowest BCUT2D eigenvalue weighted by atomic mass is 9.84. The predicted molar refractivity (Wildman–Crippen MR) is 222 cm³/mol. The van der Waals surface area contributed by atoms with Crippen molar-refractivity contribution in [2.45, 2.75) is 58.9 Å². The molecule has 2 nitrogen and oxygen atoms in total. The summed E-state index contributed by atoms with van der Waals surface area (Å²) in [5.41, 5.74) is 9.49. The summed E-state index contributed by atoms with van der Waals surface area (Å²) in [4.78, 5) is 0. The van der Waals surface area contributed by atoms with E-state index in [2.05, 4.69) is 161 Å². The summed E-state index contributed by atoms with van der Waals surface area (Å²) in [7, 11) is 2.22. The zero-order chi connectivity index (χ0) is 34.3. The van der Waals surface area contributed by atoms with Crippen molar-refractivity contribution in [2.24, 2.45) is 7.05 Å². The smallest absolute Gasteiger partial charge is 0.0509 e. The fourth-order valence-electron chi connectivity index (χ4n) is 8.43. The Hall–Kier alpha value is -4.64. The van der Waals surface area contributed by atoms with Crippen LogP contribution in [0, 0.1) is 0 Å². The molecule has 4 heterocycles. The van der Waals surface area contributed by atoms with E-state index in [0.717, 1.165) is 6.54 Å². The number of hydrogen-bond acceptors (Lipinski definition) is 2. The van der Waals surface area contributed by atoms with Crippen LogP contribution in [0.1, 0.15) is 58.2 Å². The number of hydrogen-bond donors (Lipinski definition) is 0. The predicted octanol–water partition coefficient (Wildman–Crippen LogP) is 13.8. The highest BCUT2D eigenvalue weighted by Crippen LogP contribution is 2.44. The summed E-state index contributed by atoms with van der Waals surface area (Å²) in [6.45, 7) is 14.8. The first kappa shape index (κ1) is 30.2.